The summed E-state index contributed by atoms with van der Waals surface area (Å²) in [6.45, 7) is 1.36. The quantitative estimate of drug-likeness (QED) is 0.816. The molecule has 1 saturated carbocycles. The van der Waals surface area contributed by atoms with Gasteiger partial charge in [0.2, 0.25) is 0 Å². The lowest BCUT2D eigenvalue weighted by atomic mass is 9.70. The van der Waals surface area contributed by atoms with Gasteiger partial charge >= 0.3 is 0 Å². The summed E-state index contributed by atoms with van der Waals surface area (Å²) in [6, 6.07) is 6.31. The molecule has 96 valence electrons. The molecule has 0 aliphatic heterocycles. The lowest BCUT2D eigenvalue weighted by Crippen LogP contribution is -2.39. The van der Waals surface area contributed by atoms with E-state index in [9.17, 15) is 8.78 Å². The van der Waals surface area contributed by atoms with Gasteiger partial charge in [0, 0.05) is 6.54 Å². The molecule has 4 heteroatoms. The number of nitriles is 1. The predicted octanol–water partition coefficient (Wildman–Crippen LogP) is 2.79. The van der Waals surface area contributed by atoms with Crippen LogP contribution in [0.2, 0.25) is 0 Å². The molecule has 1 aliphatic carbocycles. The topological polar surface area (TPSA) is 35.8 Å². The molecule has 2 nitrogen and oxygen atoms in total. The van der Waals surface area contributed by atoms with Gasteiger partial charge in [0.1, 0.15) is 0 Å². The van der Waals surface area contributed by atoms with E-state index in [1.165, 1.54) is 6.07 Å². The summed E-state index contributed by atoms with van der Waals surface area (Å²) in [4.78, 5) is 0. The average Bonchev–Trinajstić information content (AvgIpc) is 2.32. The Balaban J connectivity index is 1.75. The van der Waals surface area contributed by atoms with Crippen LogP contribution in [0.25, 0.3) is 0 Å². The zero-order chi connectivity index (χ0) is 13.0. The number of halogens is 2. The van der Waals surface area contributed by atoms with E-state index in [1.54, 1.807) is 6.07 Å². The van der Waals surface area contributed by atoms with E-state index in [-0.39, 0.29) is 5.41 Å². The first kappa shape index (κ1) is 13.0. The molecule has 18 heavy (non-hydrogen) atoms. The van der Waals surface area contributed by atoms with Crippen molar-refractivity contribution in [1.29, 1.82) is 5.26 Å². The number of nitrogens with one attached hydrogen (secondary N) is 1. The summed E-state index contributed by atoms with van der Waals surface area (Å²) in [7, 11) is 0. The van der Waals surface area contributed by atoms with E-state index in [1.807, 2.05) is 0 Å². The highest BCUT2D eigenvalue weighted by atomic mass is 19.2. The van der Waals surface area contributed by atoms with Crippen LogP contribution >= 0.6 is 0 Å². The number of hydrogen-bond donors (Lipinski definition) is 1. The van der Waals surface area contributed by atoms with E-state index in [0.717, 1.165) is 30.9 Å². The second-order valence-corrected chi connectivity index (χ2v) is 4.92. The lowest BCUT2D eigenvalue weighted by molar-refractivity contribution is 0.208. The van der Waals surface area contributed by atoms with Crippen LogP contribution in [-0.4, -0.2) is 13.1 Å². The zero-order valence-corrected chi connectivity index (χ0v) is 10.2. The van der Waals surface area contributed by atoms with Gasteiger partial charge in [-0.3, -0.25) is 0 Å². The second kappa shape index (κ2) is 5.45. The molecule has 1 aromatic carbocycles. The number of benzene rings is 1. The summed E-state index contributed by atoms with van der Waals surface area (Å²) in [5.41, 5.74) is 0.578. The first-order valence-corrected chi connectivity index (χ1v) is 6.21. The van der Waals surface area contributed by atoms with Crippen molar-refractivity contribution in [2.75, 3.05) is 13.1 Å². The van der Waals surface area contributed by atoms with Crippen molar-refractivity contribution >= 4 is 0 Å². The maximum Gasteiger partial charge on any atom is 0.159 e. The van der Waals surface area contributed by atoms with Gasteiger partial charge < -0.3 is 5.32 Å². The summed E-state index contributed by atoms with van der Waals surface area (Å²) in [5, 5.41) is 12.3. The minimum Gasteiger partial charge on any atom is -0.315 e. The Morgan fingerprint density at radius 1 is 1.28 bits per heavy atom. The number of rotatable bonds is 5. The summed E-state index contributed by atoms with van der Waals surface area (Å²) >= 11 is 0. The monoisotopic (exact) mass is 250 g/mol. The van der Waals surface area contributed by atoms with Crippen LogP contribution in [0.5, 0.6) is 0 Å². The average molecular weight is 250 g/mol. The fraction of sp³-hybridized carbons (Fsp3) is 0.500. The number of hydrogen-bond acceptors (Lipinski definition) is 2. The van der Waals surface area contributed by atoms with E-state index < -0.39 is 11.6 Å². The molecular formula is C14H16F2N2. The third-order valence-corrected chi connectivity index (χ3v) is 3.59. The van der Waals surface area contributed by atoms with Crippen molar-refractivity contribution in [1.82, 2.24) is 5.32 Å². The minimum absolute atomic E-state index is 0.186. The molecule has 1 aromatic rings. The van der Waals surface area contributed by atoms with Crippen LogP contribution in [-0.2, 0) is 6.42 Å². The van der Waals surface area contributed by atoms with Crippen molar-refractivity contribution < 1.29 is 8.78 Å². The number of nitrogens with zero attached hydrogens (tertiary/aromatic N) is 1. The second-order valence-electron chi connectivity index (χ2n) is 4.92. The molecule has 0 saturated heterocycles. The molecule has 0 atom stereocenters. The van der Waals surface area contributed by atoms with Crippen LogP contribution in [0.15, 0.2) is 18.2 Å². The molecule has 0 spiro atoms. The van der Waals surface area contributed by atoms with Crippen LogP contribution < -0.4 is 5.32 Å². The van der Waals surface area contributed by atoms with Crippen molar-refractivity contribution in [2.45, 2.75) is 25.7 Å². The normalized spacial score (nSPS) is 16.9. The molecule has 0 heterocycles. The van der Waals surface area contributed by atoms with Crippen molar-refractivity contribution in [3.63, 3.8) is 0 Å². The van der Waals surface area contributed by atoms with Gasteiger partial charge in [0.25, 0.3) is 0 Å². The molecule has 1 aliphatic rings. The smallest absolute Gasteiger partial charge is 0.159 e. The SMILES string of the molecule is N#CC1(CNCCc2ccc(F)c(F)c2)CCC1. The van der Waals surface area contributed by atoms with Crippen LogP contribution in [0.1, 0.15) is 24.8 Å². The summed E-state index contributed by atoms with van der Waals surface area (Å²) in [5.74, 6) is -1.62. The highest BCUT2D eigenvalue weighted by Gasteiger charge is 2.36. The third kappa shape index (κ3) is 2.85. The minimum atomic E-state index is -0.815. The molecule has 1 N–H and O–H groups in total. The van der Waals surface area contributed by atoms with Crippen LogP contribution in [0.3, 0.4) is 0 Å². The first-order chi connectivity index (χ1) is 8.65. The summed E-state index contributed by atoms with van der Waals surface area (Å²) in [6.07, 6.45) is 3.68. The van der Waals surface area contributed by atoms with Gasteiger partial charge in [0.05, 0.1) is 11.5 Å². The van der Waals surface area contributed by atoms with E-state index in [2.05, 4.69) is 11.4 Å². The Hall–Kier alpha value is -1.47. The predicted molar refractivity (Wildman–Crippen MR) is 64.8 cm³/mol. The highest BCUT2D eigenvalue weighted by molar-refractivity contribution is 5.18. The Kier molecular flexibility index (Phi) is 3.93. The molecule has 0 aromatic heterocycles. The standard InChI is InChI=1S/C14H16F2N2/c15-12-3-2-11(8-13(12)16)4-7-18-10-14(9-17)5-1-6-14/h2-3,8,18H,1,4-7,10H2. The summed E-state index contributed by atoms with van der Waals surface area (Å²) < 4.78 is 25.7. The Morgan fingerprint density at radius 2 is 2.06 bits per heavy atom. The lowest BCUT2D eigenvalue weighted by Gasteiger charge is -2.35. The van der Waals surface area contributed by atoms with Crippen LogP contribution in [0, 0.1) is 28.4 Å². The van der Waals surface area contributed by atoms with E-state index in [4.69, 9.17) is 5.26 Å². The van der Waals surface area contributed by atoms with Crippen molar-refractivity contribution in [3.05, 3.63) is 35.4 Å². The fourth-order valence-electron chi connectivity index (χ4n) is 2.19. The van der Waals surface area contributed by atoms with Gasteiger partial charge in [-0.1, -0.05) is 12.5 Å². The first-order valence-electron chi connectivity index (χ1n) is 6.21. The van der Waals surface area contributed by atoms with Crippen molar-refractivity contribution in [3.8, 4) is 6.07 Å². The zero-order valence-electron chi connectivity index (χ0n) is 10.2. The molecule has 0 radical (unpaired) electrons. The Bertz CT molecular complexity index is 461. The Morgan fingerprint density at radius 3 is 2.61 bits per heavy atom. The van der Waals surface area contributed by atoms with Gasteiger partial charge in [-0.15, -0.1) is 0 Å². The van der Waals surface area contributed by atoms with Crippen molar-refractivity contribution in [2.24, 2.45) is 5.41 Å². The highest BCUT2D eigenvalue weighted by Crippen LogP contribution is 2.39. The van der Waals surface area contributed by atoms with E-state index >= 15 is 0 Å². The fourth-order valence-corrected chi connectivity index (χ4v) is 2.19. The molecule has 1 fully saturated rings. The maximum atomic E-state index is 13.0. The molecule has 0 bridgehead atoms. The molecule has 0 unspecified atom stereocenters. The van der Waals surface area contributed by atoms with Crippen LogP contribution in [0.4, 0.5) is 8.78 Å². The van der Waals surface area contributed by atoms with E-state index in [0.29, 0.717) is 19.5 Å². The third-order valence-electron chi connectivity index (χ3n) is 3.59. The molecule has 2 rings (SSSR count). The van der Waals surface area contributed by atoms with Gasteiger partial charge in [-0.2, -0.15) is 5.26 Å². The van der Waals surface area contributed by atoms with Gasteiger partial charge in [-0.05, 0) is 43.5 Å². The maximum absolute atomic E-state index is 13.0. The Labute approximate surface area is 106 Å². The largest absolute Gasteiger partial charge is 0.315 e. The molecular weight excluding hydrogens is 234 g/mol. The van der Waals surface area contributed by atoms with Gasteiger partial charge in [-0.25, -0.2) is 8.78 Å². The molecule has 0 amide bonds. The van der Waals surface area contributed by atoms with Gasteiger partial charge in [0.15, 0.2) is 11.6 Å².